The Bertz CT molecular complexity index is 792. The number of aromatic nitrogens is 2. The van der Waals surface area contributed by atoms with Gasteiger partial charge < -0.3 is 15.0 Å². The van der Waals surface area contributed by atoms with Gasteiger partial charge in [0, 0.05) is 37.7 Å². The van der Waals surface area contributed by atoms with Gasteiger partial charge in [-0.15, -0.1) is 0 Å². The van der Waals surface area contributed by atoms with Gasteiger partial charge in [0.2, 0.25) is 5.88 Å². The lowest BCUT2D eigenvalue weighted by atomic mass is 10.0. The Hall–Kier alpha value is -2.63. The first-order valence-corrected chi connectivity index (χ1v) is 10.9. The van der Waals surface area contributed by atoms with E-state index in [-0.39, 0.29) is 18.2 Å². The Morgan fingerprint density at radius 1 is 1.03 bits per heavy atom. The van der Waals surface area contributed by atoms with Gasteiger partial charge in [-0.05, 0) is 67.9 Å². The van der Waals surface area contributed by atoms with Gasteiger partial charge in [-0.25, -0.2) is 9.78 Å². The number of rotatable bonds is 5. The SMILES string of the molecule is O=C(NCc1ccnc(OC2CCCC2)c1)N1CCCCCC1c1ccncc1. The third kappa shape index (κ3) is 5.25. The number of hydrogen-bond acceptors (Lipinski definition) is 4. The number of pyridine rings is 2. The van der Waals surface area contributed by atoms with Crippen LogP contribution in [0.15, 0.2) is 42.9 Å². The molecule has 4 rings (SSSR count). The van der Waals surface area contributed by atoms with Crippen LogP contribution in [0.1, 0.15) is 68.5 Å². The fourth-order valence-electron chi connectivity index (χ4n) is 4.36. The highest BCUT2D eigenvalue weighted by Gasteiger charge is 2.26. The number of nitrogens with one attached hydrogen (secondary N) is 1. The molecule has 1 aliphatic carbocycles. The highest BCUT2D eigenvalue weighted by Crippen LogP contribution is 2.30. The molecule has 1 atom stereocenters. The molecule has 0 bridgehead atoms. The number of ether oxygens (including phenoxy) is 1. The molecule has 1 N–H and O–H groups in total. The maximum Gasteiger partial charge on any atom is 0.318 e. The summed E-state index contributed by atoms with van der Waals surface area (Å²) in [6.45, 7) is 1.26. The van der Waals surface area contributed by atoms with E-state index in [0.29, 0.717) is 12.4 Å². The van der Waals surface area contributed by atoms with Crippen molar-refractivity contribution in [3.8, 4) is 5.88 Å². The van der Waals surface area contributed by atoms with Crippen LogP contribution in [-0.2, 0) is 6.54 Å². The number of nitrogens with zero attached hydrogens (tertiary/aromatic N) is 3. The summed E-state index contributed by atoms with van der Waals surface area (Å²) >= 11 is 0. The Kier molecular flexibility index (Phi) is 6.60. The summed E-state index contributed by atoms with van der Waals surface area (Å²) in [6.07, 6.45) is 14.7. The van der Waals surface area contributed by atoms with E-state index >= 15 is 0 Å². The number of carbonyl (C=O) groups is 1. The summed E-state index contributed by atoms with van der Waals surface area (Å²) in [6, 6.07) is 8.02. The van der Waals surface area contributed by atoms with E-state index in [1.165, 1.54) is 12.8 Å². The van der Waals surface area contributed by atoms with E-state index in [0.717, 1.165) is 56.2 Å². The average molecular weight is 395 g/mol. The Balaban J connectivity index is 1.38. The fourth-order valence-corrected chi connectivity index (χ4v) is 4.36. The normalized spacial score (nSPS) is 20.3. The summed E-state index contributed by atoms with van der Waals surface area (Å²) in [5.41, 5.74) is 2.17. The summed E-state index contributed by atoms with van der Waals surface area (Å²) in [7, 11) is 0. The predicted octanol–water partition coefficient (Wildman–Crippen LogP) is 4.62. The van der Waals surface area contributed by atoms with E-state index in [1.807, 2.05) is 29.2 Å². The lowest BCUT2D eigenvalue weighted by Crippen LogP contribution is -2.41. The minimum Gasteiger partial charge on any atom is -0.474 e. The van der Waals surface area contributed by atoms with Crippen LogP contribution in [0.2, 0.25) is 0 Å². The third-order valence-corrected chi connectivity index (χ3v) is 5.94. The first-order valence-electron chi connectivity index (χ1n) is 10.9. The number of likely N-dealkylation sites (tertiary alicyclic amines) is 1. The Labute approximate surface area is 172 Å². The van der Waals surface area contributed by atoms with Gasteiger partial charge in [0.1, 0.15) is 6.10 Å². The van der Waals surface area contributed by atoms with Crippen molar-refractivity contribution in [3.05, 3.63) is 54.0 Å². The zero-order chi connectivity index (χ0) is 19.9. The monoisotopic (exact) mass is 394 g/mol. The molecular formula is C23H30N4O2. The molecule has 3 heterocycles. The standard InChI is InChI=1S/C23H30N4O2/c28-23(27-15-5-1-2-8-21(27)19-10-12-24-13-11-19)26-17-18-9-14-25-22(16-18)29-20-6-3-4-7-20/h9-14,16,20-21H,1-8,15,17H2,(H,26,28). The van der Waals surface area contributed by atoms with Crippen molar-refractivity contribution in [2.45, 2.75) is 70.1 Å². The lowest BCUT2D eigenvalue weighted by Gasteiger charge is -2.30. The van der Waals surface area contributed by atoms with Crippen LogP contribution in [0.3, 0.4) is 0 Å². The van der Waals surface area contributed by atoms with Gasteiger partial charge in [-0.1, -0.05) is 12.8 Å². The second kappa shape index (κ2) is 9.72. The van der Waals surface area contributed by atoms with Crippen molar-refractivity contribution in [3.63, 3.8) is 0 Å². The molecule has 1 saturated carbocycles. The van der Waals surface area contributed by atoms with Crippen LogP contribution in [0.5, 0.6) is 5.88 Å². The van der Waals surface area contributed by atoms with E-state index < -0.39 is 0 Å². The van der Waals surface area contributed by atoms with E-state index in [2.05, 4.69) is 15.3 Å². The molecule has 0 radical (unpaired) electrons. The molecule has 29 heavy (non-hydrogen) atoms. The molecule has 2 aromatic heterocycles. The second-order valence-corrected chi connectivity index (χ2v) is 8.02. The van der Waals surface area contributed by atoms with Crippen molar-refractivity contribution >= 4 is 6.03 Å². The van der Waals surface area contributed by atoms with Crippen molar-refractivity contribution in [1.29, 1.82) is 0 Å². The molecule has 1 saturated heterocycles. The number of amides is 2. The van der Waals surface area contributed by atoms with Crippen LogP contribution < -0.4 is 10.1 Å². The topological polar surface area (TPSA) is 67.3 Å². The zero-order valence-corrected chi connectivity index (χ0v) is 16.9. The van der Waals surface area contributed by atoms with Crippen LogP contribution >= 0.6 is 0 Å². The molecule has 2 aliphatic rings. The second-order valence-electron chi connectivity index (χ2n) is 8.02. The largest absolute Gasteiger partial charge is 0.474 e. The fraction of sp³-hybridized carbons (Fsp3) is 0.522. The van der Waals surface area contributed by atoms with Gasteiger partial charge in [0.25, 0.3) is 0 Å². The quantitative estimate of drug-likeness (QED) is 0.803. The molecular weight excluding hydrogens is 364 g/mol. The Morgan fingerprint density at radius 2 is 1.83 bits per heavy atom. The highest BCUT2D eigenvalue weighted by atomic mass is 16.5. The number of carbonyl (C=O) groups excluding carboxylic acids is 1. The smallest absolute Gasteiger partial charge is 0.318 e. The van der Waals surface area contributed by atoms with Crippen LogP contribution in [0.25, 0.3) is 0 Å². The van der Waals surface area contributed by atoms with Gasteiger partial charge in [-0.2, -0.15) is 0 Å². The van der Waals surface area contributed by atoms with Crippen LogP contribution in [0, 0.1) is 0 Å². The van der Waals surface area contributed by atoms with Gasteiger partial charge >= 0.3 is 6.03 Å². The average Bonchev–Trinajstić information content (AvgIpc) is 3.14. The number of urea groups is 1. The van der Waals surface area contributed by atoms with Gasteiger partial charge in [0.05, 0.1) is 6.04 Å². The minimum atomic E-state index is -0.0104. The van der Waals surface area contributed by atoms with Crippen LogP contribution in [0.4, 0.5) is 4.79 Å². The van der Waals surface area contributed by atoms with Gasteiger partial charge in [0.15, 0.2) is 0 Å². The van der Waals surface area contributed by atoms with Crippen molar-refractivity contribution in [2.24, 2.45) is 0 Å². The molecule has 1 aliphatic heterocycles. The molecule has 0 spiro atoms. The molecule has 6 nitrogen and oxygen atoms in total. The first-order chi connectivity index (χ1) is 14.3. The molecule has 6 heteroatoms. The highest BCUT2D eigenvalue weighted by molar-refractivity contribution is 5.74. The Morgan fingerprint density at radius 3 is 2.66 bits per heavy atom. The third-order valence-electron chi connectivity index (χ3n) is 5.94. The molecule has 154 valence electrons. The van der Waals surface area contributed by atoms with E-state index in [4.69, 9.17) is 4.74 Å². The maximum atomic E-state index is 13.0. The first kappa shape index (κ1) is 19.7. The summed E-state index contributed by atoms with van der Waals surface area (Å²) in [5.74, 6) is 0.660. The van der Waals surface area contributed by atoms with Crippen LogP contribution in [-0.4, -0.2) is 33.5 Å². The van der Waals surface area contributed by atoms with Gasteiger partial charge in [-0.3, -0.25) is 4.98 Å². The summed E-state index contributed by atoms with van der Waals surface area (Å²) in [4.78, 5) is 23.5. The van der Waals surface area contributed by atoms with Crippen molar-refractivity contribution in [1.82, 2.24) is 20.2 Å². The summed E-state index contributed by atoms with van der Waals surface area (Å²) < 4.78 is 5.99. The predicted molar refractivity (Wildman–Crippen MR) is 112 cm³/mol. The molecule has 1 unspecified atom stereocenters. The minimum absolute atomic E-state index is 0.0104. The lowest BCUT2D eigenvalue weighted by molar-refractivity contribution is 0.175. The number of hydrogen-bond donors (Lipinski definition) is 1. The van der Waals surface area contributed by atoms with Crippen molar-refractivity contribution < 1.29 is 9.53 Å². The van der Waals surface area contributed by atoms with Crippen molar-refractivity contribution in [2.75, 3.05) is 6.54 Å². The maximum absolute atomic E-state index is 13.0. The van der Waals surface area contributed by atoms with E-state index in [1.54, 1.807) is 18.6 Å². The zero-order valence-electron chi connectivity index (χ0n) is 16.9. The summed E-state index contributed by atoms with van der Waals surface area (Å²) in [5, 5.41) is 3.11. The molecule has 0 aromatic carbocycles. The molecule has 2 aromatic rings. The molecule has 2 amide bonds. The molecule has 2 fully saturated rings. The van der Waals surface area contributed by atoms with E-state index in [9.17, 15) is 4.79 Å².